The minimum atomic E-state index is -0.345. The molecule has 1 aromatic rings. The molecule has 0 aliphatic heterocycles. The lowest BCUT2D eigenvalue weighted by atomic mass is 9.43. The average Bonchev–Trinajstić information content (AvgIpc) is 3.42. The van der Waals surface area contributed by atoms with E-state index in [1.807, 2.05) is 36.9 Å². The predicted molar refractivity (Wildman–Crippen MR) is 128 cm³/mol. The molecule has 4 nitrogen and oxygen atoms in total. The van der Waals surface area contributed by atoms with Crippen molar-refractivity contribution in [3.8, 4) is 0 Å². The maximum absolute atomic E-state index is 12.7. The van der Waals surface area contributed by atoms with E-state index in [1.54, 1.807) is 0 Å². The second-order valence-electron chi connectivity index (χ2n) is 11.9. The van der Waals surface area contributed by atoms with Crippen molar-refractivity contribution in [1.29, 1.82) is 0 Å². The Morgan fingerprint density at radius 2 is 1.55 bits per heavy atom. The normalized spacial score (nSPS) is 42.0. The number of likely N-dealkylation sites (N-methyl/N-ethyl adjacent to an activating group) is 1. The number of rotatable bonds is 5. The van der Waals surface area contributed by atoms with E-state index in [9.17, 15) is 4.79 Å². The second kappa shape index (κ2) is 7.88. The van der Waals surface area contributed by atoms with Gasteiger partial charge in [-0.1, -0.05) is 44.2 Å². The lowest BCUT2D eigenvalue weighted by molar-refractivity contribution is -0.134. The molecule has 2 unspecified atom stereocenters. The molecule has 0 saturated heterocycles. The lowest BCUT2D eigenvalue weighted by Crippen LogP contribution is -2.62. The molecular weight excluding hydrogens is 382 g/mol. The third kappa shape index (κ3) is 4.06. The maximum Gasteiger partial charge on any atom is 0.233 e. The van der Waals surface area contributed by atoms with Crippen LogP contribution in [0, 0.1) is 22.7 Å². The first kappa shape index (κ1) is 22.8. The number of hydrogen-bond donors (Lipinski definition) is 2. The van der Waals surface area contributed by atoms with Crippen LogP contribution in [0.25, 0.3) is 0 Å². The summed E-state index contributed by atoms with van der Waals surface area (Å²) in [5.41, 5.74) is 14.5. The Labute approximate surface area is 189 Å². The topological polar surface area (TPSA) is 72.3 Å². The van der Waals surface area contributed by atoms with E-state index < -0.39 is 0 Å². The number of nitrogens with two attached hydrogens (primary N) is 2. The number of nitrogens with zero attached hydrogens (tertiary/aromatic N) is 1. The van der Waals surface area contributed by atoms with Crippen molar-refractivity contribution in [2.75, 3.05) is 19.6 Å². The Balaban J connectivity index is 0.000000156. The highest BCUT2D eigenvalue weighted by molar-refractivity contribution is 5.92. The van der Waals surface area contributed by atoms with E-state index >= 15 is 0 Å². The van der Waals surface area contributed by atoms with Gasteiger partial charge in [-0.25, -0.2) is 0 Å². The first-order valence-corrected chi connectivity index (χ1v) is 12.4. The smallest absolute Gasteiger partial charge is 0.233 e. The SMILES string of the molecule is CC12CC3CC(C)(C1)CC(N)(C3)C2.CCN(CC)C(=O)[C@]1(c2ccccc2)C[C@@H]1CN. The molecule has 4 N–H and O–H groups in total. The van der Waals surface area contributed by atoms with E-state index in [2.05, 4.69) is 26.0 Å². The molecule has 1 aromatic carbocycles. The molecule has 5 aliphatic carbocycles. The van der Waals surface area contributed by atoms with Crippen molar-refractivity contribution < 1.29 is 4.79 Å². The Kier molecular flexibility index (Phi) is 5.79. The quantitative estimate of drug-likeness (QED) is 0.731. The molecule has 4 atom stereocenters. The van der Waals surface area contributed by atoms with Crippen LogP contribution in [0.4, 0.5) is 0 Å². The molecule has 5 aliphatic rings. The molecule has 172 valence electrons. The van der Waals surface area contributed by atoms with Crippen molar-refractivity contribution in [3.05, 3.63) is 35.9 Å². The molecule has 0 aromatic heterocycles. The first-order valence-electron chi connectivity index (χ1n) is 12.4. The van der Waals surface area contributed by atoms with Crippen molar-refractivity contribution >= 4 is 5.91 Å². The Bertz CT molecular complexity index is 753. The second-order valence-corrected chi connectivity index (χ2v) is 11.9. The Hall–Kier alpha value is -1.39. The Morgan fingerprint density at radius 1 is 0.968 bits per heavy atom. The van der Waals surface area contributed by atoms with Crippen molar-refractivity contribution in [2.45, 2.75) is 83.6 Å². The molecule has 5 saturated carbocycles. The van der Waals surface area contributed by atoms with Gasteiger partial charge in [0.1, 0.15) is 0 Å². The molecule has 4 heteroatoms. The summed E-state index contributed by atoms with van der Waals surface area (Å²) >= 11 is 0. The standard InChI is InChI=1S/C15H22N2O.C12H21N/c1-3-17(4-2)14(18)15(10-13(15)11-16)12-8-6-5-7-9-12;1-10-3-9-4-11(2,6-10)8-12(13,5-9)7-10/h5-9,13H,3-4,10-11,16H2,1-2H3;9H,3-8,13H2,1-2H3/t13-,15+;/m1./s1. The van der Waals surface area contributed by atoms with E-state index in [0.717, 1.165) is 31.0 Å². The molecular formula is C27H43N3O. The van der Waals surface area contributed by atoms with Crippen molar-refractivity contribution in [2.24, 2.45) is 34.1 Å². The van der Waals surface area contributed by atoms with Crippen LogP contribution in [-0.2, 0) is 10.2 Å². The molecule has 5 fully saturated rings. The number of benzene rings is 1. The number of carbonyl (C=O) groups excluding carboxylic acids is 1. The van der Waals surface area contributed by atoms with Crippen LogP contribution >= 0.6 is 0 Å². The fourth-order valence-electron chi connectivity index (χ4n) is 8.42. The van der Waals surface area contributed by atoms with Gasteiger partial charge in [0.2, 0.25) is 5.91 Å². The Morgan fingerprint density at radius 3 is 1.97 bits per heavy atom. The zero-order valence-electron chi connectivity index (χ0n) is 20.1. The van der Waals surface area contributed by atoms with E-state index in [0.29, 0.717) is 23.3 Å². The summed E-state index contributed by atoms with van der Waals surface area (Å²) in [6.45, 7) is 11.1. The molecule has 4 bridgehead atoms. The van der Waals surface area contributed by atoms with Crippen LogP contribution < -0.4 is 11.5 Å². The third-order valence-corrected chi connectivity index (χ3v) is 8.78. The molecule has 0 spiro atoms. The zero-order chi connectivity index (χ0) is 22.5. The van der Waals surface area contributed by atoms with Crippen molar-refractivity contribution in [1.82, 2.24) is 4.90 Å². The van der Waals surface area contributed by atoms with Crippen LogP contribution in [0.3, 0.4) is 0 Å². The number of hydrogen-bond acceptors (Lipinski definition) is 3. The van der Waals surface area contributed by atoms with Crippen LogP contribution in [-0.4, -0.2) is 36.0 Å². The van der Waals surface area contributed by atoms with Crippen LogP contribution in [0.5, 0.6) is 0 Å². The monoisotopic (exact) mass is 425 g/mol. The fourth-order valence-corrected chi connectivity index (χ4v) is 8.42. The maximum atomic E-state index is 12.7. The van der Waals surface area contributed by atoms with E-state index in [1.165, 1.54) is 38.5 Å². The van der Waals surface area contributed by atoms with Crippen LogP contribution in [0.1, 0.15) is 78.2 Å². The molecule has 0 radical (unpaired) electrons. The lowest BCUT2D eigenvalue weighted by Gasteiger charge is -2.64. The average molecular weight is 426 g/mol. The van der Waals surface area contributed by atoms with Gasteiger partial charge in [-0.3, -0.25) is 4.79 Å². The summed E-state index contributed by atoms with van der Waals surface area (Å²) in [5.74, 6) is 1.50. The third-order valence-electron chi connectivity index (χ3n) is 8.78. The summed E-state index contributed by atoms with van der Waals surface area (Å²) in [4.78, 5) is 14.6. The summed E-state index contributed by atoms with van der Waals surface area (Å²) in [5, 5.41) is 0. The highest BCUT2D eigenvalue weighted by Gasteiger charge is 2.61. The fraction of sp³-hybridized carbons (Fsp3) is 0.741. The van der Waals surface area contributed by atoms with Gasteiger partial charge in [0, 0.05) is 18.6 Å². The van der Waals surface area contributed by atoms with Crippen molar-refractivity contribution in [3.63, 3.8) is 0 Å². The minimum Gasteiger partial charge on any atom is -0.342 e. The summed E-state index contributed by atoms with van der Waals surface area (Å²) < 4.78 is 0. The summed E-state index contributed by atoms with van der Waals surface area (Å²) in [7, 11) is 0. The molecule has 0 heterocycles. The van der Waals surface area contributed by atoms with Gasteiger partial charge >= 0.3 is 0 Å². The predicted octanol–water partition coefficient (Wildman–Crippen LogP) is 4.47. The highest BCUT2D eigenvalue weighted by atomic mass is 16.2. The van der Waals surface area contributed by atoms with E-state index in [-0.39, 0.29) is 16.9 Å². The van der Waals surface area contributed by atoms with Gasteiger partial charge in [0.15, 0.2) is 0 Å². The van der Waals surface area contributed by atoms with Gasteiger partial charge in [0.05, 0.1) is 5.41 Å². The van der Waals surface area contributed by atoms with Gasteiger partial charge in [-0.2, -0.15) is 0 Å². The minimum absolute atomic E-state index is 0.225. The van der Waals surface area contributed by atoms with Crippen LogP contribution in [0.2, 0.25) is 0 Å². The molecule has 1 amide bonds. The summed E-state index contributed by atoms with van der Waals surface area (Å²) in [6, 6.07) is 10.1. The largest absolute Gasteiger partial charge is 0.342 e. The number of carbonyl (C=O) groups is 1. The summed E-state index contributed by atoms with van der Waals surface area (Å²) in [6.07, 6.45) is 9.16. The number of amides is 1. The molecule has 6 rings (SSSR count). The van der Waals surface area contributed by atoms with E-state index in [4.69, 9.17) is 11.5 Å². The highest BCUT2D eigenvalue weighted by Crippen LogP contribution is 2.65. The van der Waals surface area contributed by atoms with Gasteiger partial charge in [-0.15, -0.1) is 0 Å². The zero-order valence-corrected chi connectivity index (χ0v) is 20.1. The first-order chi connectivity index (χ1) is 14.6. The van der Waals surface area contributed by atoms with Gasteiger partial charge in [0.25, 0.3) is 0 Å². The van der Waals surface area contributed by atoms with Gasteiger partial charge < -0.3 is 16.4 Å². The van der Waals surface area contributed by atoms with Crippen LogP contribution in [0.15, 0.2) is 30.3 Å². The molecule has 31 heavy (non-hydrogen) atoms. The van der Waals surface area contributed by atoms with Gasteiger partial charge in [-0.05, 0) is 93.6 Å².